The molecule has 1 fully saturated rings. The van der Waals surface area contributed by atoms with E-state index in [0.29, 0.717) is 6.54 Å². The number of carbonyl (C=O) groups is 1. The summed E-state index contributed by atoms with van der Waals surface area (Å²) in [5, 5.41) is 17.7. The summed E-state index contributed by atoms with van der Waals surface area (Å²) < 4.78 is 34.6. The van der Waals surface area contributed by atoms with Crippen molar-refractivity contribution in [1.82, 2.24) is 29.2 Å². The first-order chi connectivity index (χ1) is 16.5. The molecule has 35 heavy (non-hydrogen) atoms. The van der Waals surface area contributed by atoms with Gasteiger partial charge < -0.3 is 5.11 Å². The van der Waals surface area contributed by atoms with Crippen LogP contribution in [0.4, 0.5) is 13.2 Å². The lowest BCUT2D eigenvalue weighted by molar-refractivity contribution is -0.192. The van der Waals surface area contributed by atoms with Gasteiger partial charge in [0.15, 0.2) is 0 Å². The highest BCUT2D eigenvalue weighted by atomic mass is 32.1. The number of hydrogen-bond acceptors (Lipinski definition) is 9. The maximum Gasteiger partial charge on any atom is 0.490 e. The number of halogens is 3. The Balaban J connectivity index is 0.000000364. The van der Waals surface area contributed by atoms with Crippen LogP contribution in [0.1, 0.15) is 34.4 Å². The zero-order valence-corrected chi connectivity index (χ0v) is 20.1. The Morgan fingerprint density at radius 1 is 1.17 bits per heavy atom. The number of nitrogens with zero attached hydrogens (tertiary/aromatic N) is 6. The van der Waals surface area contributed by atoms with Crippen LogP contribution >= 0.6 is 22.7 Å². The van der Waals surface area contributed by atoms with E-state index in [1.807, 2.05) is 23.9 Å². The molecule has 3 aromatic rings. The molecule has 0 radical (unpaired) electrons. The second-order valence-electron chi connectivity index (χ2n) is 8.32. The number of aromatic nitrogens is 5. The Morgan fingerprint density at radius 3 is 2.49 bits per heavy atom. The predicted molar refractivity (Wildman–Crippen MR) is 121 cm³/mol. The summed E-state index contributed by atoms with van der Waals surface area (Å²) in [6, 6.07) is 0. The molecule has 0 amide bonds. The fourth-order valence-electron chi connectivity index (χ4n) is 4.32. The Kier molecular flexibility index (Phi) is 6.92. The fraction of sp³-hybridized carbons (Fsp3) is 0.500. The number of thiazole rings is 2. The molecule has 1 spiro atoms. The quantitative estimate of drug-likeness (QED) is 0.507. The minimum Gasteiger partial charge on any atom is -0.475 e. The summed E-state index contributed by atoms with van der Waals surface area (Å²) in [6.07, 6.45) is -1.46. The van der Waals surface area contributed by atoms with Gasteiger partial charge in [0, 0.05) is 35.5 Å². The van der Waals surface area contributed by atoms with Gasteiger partial charge in [0.25, 0.3) is 0 Å². The summed E-state index contributed by atoms with van der Waals surface area (Å²) >= 11 is 3.19. The average Bonchev–Trinajstić information content (AvgIpc) is 3.57. The van der Waals surface area contributed by atoms with Crippen molar-refractivity contribution in [3.8, 4) is 0 Å². The van der Waals surface area contributed by atoms with E-state index in [9.17, 15) is 22.8 Å². The van der Waals surface area contributed by atoms with E-state index < -0.39 is 23.3 Å². The van der Waals surface area contributed by atoms with E-state index >= 15 is 0 Å². The first kappa shape index (κ1) is 25.2. The fourth-order valence-corrected chi connectivity index (χ4v) is 5.58. The lowest BCUT2D eigenvalue weighted by Gasteiger charge is -2.23. The number of likely N-dealkylation sites (tertiary alicyclic amines) is 1. The molecule has 2 aliphatic rings. The van der Waals surface area contributed by atoms with Crippen molar-refractivity contribution < 1.29 is 23.1 Å². The van der Waals surface area contributed by atoms with E-state index in [2.05, 4.69) is 20.0 Å². The first-order valence-corrected chi connectivity index (χ1v) is 12.3. The second kappa shape index (κ2) is 9.62. The molecule has 1 unspecified atom stereocenters. The Bertz CT molecular complexity index is 1330. The van der Waals surface area contributed by atoms with E-state index in [4.69, 9.17) is 9.90 Å². The van der Waals surface area contributed by atoms with Gasteiger partial charge in [-0.05, 0) is 26.3 Å². The number of hydrogen-bond donors (Lipinski definition) is 1. The van der Waals surface area contributed by atoms with Gasteiger partial charge in [-0.1, -0.05) is 0 Å². The van der Waals surface area contributed by atoms with Crippen molar-refractivity contribution in [3.63, 3.8) is 0 Å². The summed E-state index contributed by atoms with van der Waals surface area (Å²) in [6.45, 7) is 5.34. The van der Waals surface area contributed by atoms with E-state index in [1.165, 1.54) is 16.0 Å². The van der Waals surface area contributed by atoms with Crippen molar-refractivity contribution in [2.75, 3.05) is 13.1 Å². The molecule has 10 nitrogen and oxygen atoms in total. The van der Waals surface area contributed by atoms with Crippen LogP contribution < -0.4 is 11.1 Å². The SMILES string of the molecule is Cc1nc(Cn2nc3n(c(=O)c2=O)CCC32CCN(Cc3nccs3)C2)cs1.O=C(O)C(F)(F)F. The molecule has 0 saturated carbocycles. The highest BCUT2D eigenvalue weighted by Gasteiger charge is 2.47. The molecule has 1 atom stereocenters. The highest BCUT2D eigenvalue weighted by molar-refractivity contribution is 7.09. The van der Waals surface area contributed by atoms with Gasteiger partial charge in [-0.3, -0.25) is 19.1 Å². The van der Waals surface area contributed by atoms with Crippen LogP contribution in [0.15, 0.2) is 26.5 Å². The van der Waals surface area contributed by atoms with Gasteiger partial charge in [0.1, 0.15) is 10.8 Å². The van der Waals surface area contributed by atoms with Crippen molar-refractivity contribution >= 4 is 28.6 Å². The van der Waals surface area contributed by atoms with Crippen LogP contribution in [0, 0.1) is 6.92 Å². The third-order valence-electron chi connectivity index (χ3n) is 5.92. The average molecular weight is 531 g/mol. The van der Waals surface area contributed by atoms with Crippen molar-refractivity contribution in [2.45, 2.75) is 51.0 Å². The summed E-state index contributed by atoms with van der Waals surface area (Å²) in [5.74, 6) is -2.00. The third-order valence-corrected chi connectivity index (χ3v) is 7.50. The molecular weight excluding hydrogens is 509 g/mol. The maximum absolute atomic E-state index is 12.7. The minimum atomic E-state index is -5.08. The molecule has 3 aromatic heterocycles. The topological polar surface area (TPSA) is 123 Å². The lowest BCUT2D eigenvalue weighted by atomic mass is 9.85. The zero-order valence-electron chi connectivity index (χ0n) is 18.5. The first-order valence-electron chi connectivity index (χ1n) is 10.5. The molecule has 1 N–H and O–H groups in total. The molecule has 0 aliphatic carbocycles. The van der Waals surface area contributed by atoms with Crippen molar-refractivity contribution in [1.29, 1.82) is 0 Å². The molecule has 2 aliphatic heterocycles. The van der Waals surface area contributed by atoms with E-state index in [-0.39, 0.29) is 12.0 Å². The predicted octanol–water partition coefficient (Wildman–Crippen LogP) is 1.86. The number of aliphatic carboxylic acids is 1. The zero-order chi connectivity index (χ0) is 25.4. The standard InChI is InChI=1S/C18H20N6O2S2.C2HF3O2/c1-12-20-13(10-28-12)8-24-16(26)15(25)23-6-3-18(17(23)21-24)2-5-22(11-18)9-14-19-4-7-27-14;3-2(4,5)1(6)7/h4,7,10H,2-3,5-6,8-9,11H2,1H3;(H,6,7). The second-order valence-corrected chi connectivity index (χ2v) is 10.4. The van der Waals surface area contributed by atoms with Crippen LogP contribution in [0.25, 0.3) is 0 Å². The number of alkyl halides is 3. The monoisotopic (exact) mass is 530 g/mol. The number of carboxylic acids is 1. The lowest BCUT2D eigenvalue weighted by Crippen LogP contribution is -2.45. The Hall–Kier alpha value is -2.91. The van der Waals surface area contributed by atoms with Crippen LogP contribution in [0.5, 0.6) is 0 Å². The molecule has 0 bridgehead atoms. The van der Waals surface area contributed by atoms with Gasteiger partial charge in [-0.2, -0.15) is 18.3 Å². The number of rotatable bonds is 4. The minimum absolute atomic E-state index is 0.163. The smallest absolute Gasteiger partial charge is 0.475 e. The summed E-state index contributed by atoms with van der Waals surface area (Å²) in [4.78, 5) is 45.3. The molecule has 5 rings (SSSR count). The molecular formula is C20H21F3N6O4S2. The van der Waals surface area contributed by atoms with Crippen LogP contribution in [-0.4, -0.2) is 59.6 Å². The third kappa shape index (κ3) is 5.36. The molecule has 15 heteroatoms. The molecule has 0 aromatic carbocycles. The van der Waals surface area contributed by atoms with Gasteiger partial charge >= 0.3 is 23.3 Å². The highest BCUT2D eigenvalue weighted by Crippen LogP contribution is 2.40. The summed E-state index contributed by atoms with van der Waals surface area (Å²) in [5.41, 5.74) is -0.425. The van der Waals surface area contributed by atoms with Gasteiger partial charge in [0.2, 0.25) is 0 Å². The number of aryl methyl sites for hydroxylation is 1. The van der Waals surface area contributed by atoms with Crippen molar-refractivity contribution in [3.05, 3.63) is 59.2 Å². The van der Waals surface area contributed by atoms with Crippen LogP contribution in [-0.2, 0) is 29.8 Å². The molecule has 5 heterocycles. The Morgan fingerprint density at radius 2 is 1.89 bits per heavy atom. The van der Waals surface area contributed by atoms with Gasteiger partial charge in [-0.25, -0.2) is 19.4 Å². The Labute approximate surface area is 204 Å². The normalized spacial score (nSPS) is 19.5. The summed E-state index contributed by atoms with van der Waals surface area (Å²) in [7, 11) is 0. The van der Waals surface area contributed by atoms with Gasteiger partial charge in [0.05, 0.1) is 23.8 Å². The van der Waals surface area contributed by atoms with Crippen LogP contribution in [0.3, 0.4) is 0 Å². The van der Waals surface area contributed by atoms with Crippen LogP contribution in [0.2, 0.25) is 0 Å². The molecule has 1 saturated heterocycles. The van der Waals surface area contributed by atoms with E-state index in [1.54, 1.807) is 15.9 Å². The number of carboxylic acid groups (broad SMARTS) is 1. The molecule has 188 valence electrons. The van der Waals surface area contributed by atoms with Gasteiger partial charge in [-0.15, -0.1) is 22.7 Å². The number of fused-ring (bicyclic) bond motifs is 2. The maximum atomic E-state index is 12.7. The largest absolute Gasteiger partial charge is 0.490 e. The van der Waals surface area contributed by atoms with E-state index in [0.717, 1.165) is 54.0 Å². The van der Waals surface area contributed by atoms with Crippen molar-refractivity contribution in [2.24, 2.45) is 0 Å².